The highest BCUT2D eigenvalue weighted by molar-refractivity contribution is 4.49. The first kappa shape index (κ1) is 10.9. The first-order valence-electron chi connectivity index (χ1n) is 4.04. The highest BCUT2D eigenvalue weighted by Crippen LogP contribution is 1.93. The fourth-order valence-electron chi connectivity index (χ4n) is 0.635. The molecule has 0 bridgehead atoms. The lowest BCUT2D eigenvalue weighted by molar-refractivity contribution is -0.0344. The summed E-state index contributed by atoms with van der Waals surface area (Å²) in [5.74, 6) is 0. The van der Waals surface area contributed by atoms with E-state index in [1.165, 1.54) is 0 Å². The maximum atomic E-state index is 8.86. The summed E-state index contributed by atoms with van der Waals surface area (Å²) >= 11 is 0. The highest BCUT2D eigenvalue weighted by Gasteiger charge is 2.03. The smallest absolute Gasteiger partial charge is 0.0781 e. The Balaban J connectivity index is 3.15. The molecule has 0 aromatic carbocycles. The van der Waals surface area contributed by atoms with Crippen LogP contribution in [0.2, 0.25) is 0 Å². The minimum Gasteiger partial charge on any atom is -0.391 e. The van der Waals surface area contributed by atoms with Gasteiger partial charge in [-0.3, -0.25) is 0 Å². The van der Waals surface area contributed by atoms with Crippen LogP contribution in [0, 0.1) is 0 Å². The van der Waals surface area contributed by atoms with E-state index in [0.717, 1.165) is 0 Å². The zero-order valence-corrected chi connectivity index (χ0v) is 7.54. The number of aliphatic hydroxyl groups is 1. The van der Waals surface area contributed by atoms with Crippen LogP contribution in [0.5, 0.6) is 0 Å². The van der Waals surface area contributed by atoms with Crippen LogP contribution in [-0.2, 0) is 9.47 Å². The Morgan fingerprint density at radius 3 is 2.36 bits per heavy atom. The maximum Gasteiger partial charge on any atom is 0.0781 e. The number of aliphatic hydroxyl groups excluding tert-OH is 1. The molecule has 0 fully saturated rings. The number of hydrogen-bond acceptors (Lipinski definition) is 3. The Bertz CT molecular complexity index is 83.4. The fraction of sp³-hybridized carbons (Fsp3) is 1.00. The van der Waals surface area contributed by atoms with E-state index in [9.17, 15) is 0 Å². The second-order valence-corrected chi connectivity index (χ2v) is 2.65. The summed E-state index contributed by atoms with van der Waals surface area (Å²) in [6.45, 7) is 7.27. The molecule has 0 saturated heterocycles. The molecule has 0 spiro atoms. The Morgan fingerprint density at radius 2 is 1.91 bits per heavy atom. The summed E-state index contributed by atoms with van der Waals surface area (Å²) < 4.78 is 10.4. The van der Waals surface area contributed by atoms with Crippen molar-refractivity contribution in [3.63, 3.8) is 0 Å². The SMILES string of the molecule is CCOCC(C)OCC(C)O. The van der Waals surface area contributed by atoms with Crippen molar-refractivity contribution in [1.29, 1.82) is 0 Å². The first-order chi connectivity index (χ1) is 5.16. The lowest BCUT2D eigenvalue weighted by Crippen LogP contribution is -2.21. The van der Waals surface area contributed by atoms with Gasteiger partial charge in [0.1, 0.15) is 0 Å². The van der Waals surface area contributed by atoms with Gasteiger partial charge in [-0.1, -0.05) is 0 Å². The third-order valence-corrected chi connectivity index (χ3v) is 1.18. The lowest BCUT2D eigenvalue weighted by atomic mass is 10.4. The van der Waals surface area contributed by atoms with Crippen LogP contribution < -0.4 is 0 Å². The molecule has 0 aliphatic heterocycles. The van der Waals surface area contributed by atoms with E-state index >= 15 is 0 Å². The molecule has 3 heteroatoms. The first-order valence-corrected chi connectivity index (χ1v) is 4.04. The predicted octanol–water partition coefficient (Wildman–Crippen LogP) is 0.809. The number of hydrogen-bond donors (Lipinski definition) is 1. The van der Waals surface area contributed by atoms with E-state index in [1.807, 2.05) is 13.8 Å². The molecule has 0 heterocycles. The average Bonchev–Trinajstić information content (AvgIpc) is 1.97. The van der Waals surface area contributed by atoms with Gasteiger partial charge in [0.2, 0.25) is 0 Å². The summed E-state index contributed by atoms with van der Waals surface area (Å²) in [7, 11) is 0. The zero-order valence-electron chi connectivity index (χ0n) is 7.54. The quantitative estimate of drug-likeness (QED) is 0.628. The highest BCUT2D eigenvalue weighted by atomic mass is 16.5. The Hall–Kier alpha value is -0.120. The van der Waals surface area contributed by atoms with Crippen LogP contribution in [0.3, 0.4) is 0 Å². The van der Waals surface area contributed by atoms with Crippen LogP contribution >= 0.6 is 0 Å². The monoisotopic (exact) mass is 162 g/mol. The molecular weight excluding hydrogens is 144 g/mol. The molecule has 0 aromatic heterocycles. The molecule has 1 N–H and O–H groups in total. The molecule has 0 rings (SSSR count). The molecular formula is C8H18O3. The summed E-state index contributed by atoms with van der Waals surface area (Å²) in [5.41, 5.74) is 0. The van der Waals surface area contributed by atoms with Gasteiger partial charge in [0, 0.05) is 6.61 Å². The summed E-state index contributed by atoms with van der Waals surface area (Å²) in [6.07, 6.45) is -0.316. The third kappa shape index (κ3) is 7.78. The van der Waals surface area contributed by atoms with E-state index in [1.54, 1.807) is 6.92 Å². The number of ether oxygens (including phenoxy) is 2. The van der Waals surface area contributed by atoms with Crippen molar-refractivity contribution < 1.29 is 14.6 Å². The molecule has 68 valence electrons. The van der Waals surface area contributed by atoms with Gasteiger partial charge < -0.3 is 14.6 Å². The van der Waals surface area contributed by atoms with E-state index in [4.69, 9.17) is 14.6 Å². The van der Waals surface area contributed by atoms with Crippen LogP contribution in [0.25, 0.3) is 0 Å². The van der Waals surface area contributed by atoms with Crippen LogP contribution in [0.15, 0.2) is 0 Å². The molecule has 0 aromatic rings. The second-order valence-electron chi connectivity index (χ2n) is 2.65. The van der Waals surface area contributed by atoms with Crippen LogP contribution in [-0.4, -0.2) is 37.1 Å². The van der Waals surface area contributed by atoms with Gasteiger partial charge >= 0.3 is 0 Å². The summed E-state index contributed by atoms with van der Waals surface area (Å²) in [5, 5.41) is 8.86. The van der Waals surface area contributed by atoms with Gasteiger partial charge in [0.15, 0.2) is 0 Å². The van der Waals surface area contributed by atoms with Gasteiger partial charge in [-0.05, 0) is 20.8 Å². The van der Waals surface area contributed by atoms with E-state index < -0.39 is 0 Å². The molecule has 2 atom stereocenters. The van der Waals surface area contributed by atoms with Gasteiger partial charge in [0.05, 0.1) is 25.4 Å². The van der Waals surface area contributed by atoms with E-state index in [2.05, 4.69) is 0 Å². The summed E-state index contributed by atoms with van der Waals surface area (Å²) in [4.78, 5) is 0. The van der Waals surface area contributed by atoms with E-state index in [-0.39, 0.29) is 12.2 Å². The van der Waals surface area contributed by atoms with Crippen molar-refractivity contribution in [2.24, 2.45) is 0 Å². The molecule has 0 aliphatic rings. The Morgan fingerprint density at radius 1 is 1.27 bits per heavy atom. The zero-order chi connectivity index (χ0) is 8.69. The minimum atomic E-state index is -0.390. The molecule has 0 saturated carbocycles. The van der Waals surface area contributed by atoms with Crippen molar-refractivity contribution in [3.8, 4) is 0 Å². The summed E-state index contributed by atoms with van der Waals surface area (Å²) in [6, 6.07) is 0. The normalized spacial score (nSPS) is 16.4. The number of rotatable bonds is 6. The van der Waals surface area contributed by atoms with Gasteiger partial charge in [-0.2, -0.15) is 0 Å². The average molecular weight is 162 g/mol. The minimum absolute atomic E-state index is 0.0737. The molecule has 3 nitrogen and oxygen atoms in total. The van der Waals surface area contributed by atoms with Crippen molar-refractivity contribution >= 4 is 0 Å². The topological polar surface area (TPSA) is 38.7 Å². The van der Waals surface area contributed by atoms with E-state index in [0.29, 0.717) is 19.8 Å². The largest absolute Gasteiger partial charge is 0.391 e. The van der Waals surface area contributed by atoms with Crippen molar-refractivity contribution in [2.75, 3.05) is 19.8 Å². The Labute approximate surface area is 68.3 Å². The Kier molecular flexibility index (Phi) is 6.51. The van der Waals surface area contributed by atoms with Gasteiger partial charge in [-0.25, -0.2) is 0 Å². The van der Waals surface area contributed by atoms with Crippen molar-refractivity contribution in [1.82, 2.24) is 0 Å². The lowest BCUT2D eigenvalue weighted by Gasteiger charge is -2.13. The van der Waals surface area contributed by atoms with Gasteiger partial charge in [0.25, 0.3) is 0 Å². The third-order valence-electron chi connectivity index (χ3n) is 1.18. The van der Waals surface area contributed by atoms with Crippen LogP contribution in [0.1, 0.15) is 20.8 Å². The second kappa shape index (κ2) is 6.58. The van der Waals surface area contributed by atoms with Crippen LogP contribution in [0.4, 0.5) is 0 Å². The molecule has 0 aliphatic carbocycles. The van der Waals surface area contributed by atoms with Gasteiger partial charge in [-0.15, -0.1) is 0 Å². The standard InChI is InChI=1S/C8H18O3/c1-4-10-6-8(3)11-5-7(2)9/h7-9H,4-6H2,1-3H3. The predicted molar refractivity (Wildman–Crippen MR) is 43.6 cm³/mol. The molecule has 0 amide bonds. The molecule has 11 heavy (non-hydrogen) atoms. The van der Waals surface area contributed by atoms with Crippen molar-refractivity contribution in [3.05, 3.63) is 0 Å². The molecule has 2 unspecified atom stereocenters. The van der Waals surface area contributed by atoms with Crippen molar-refractivity contribution in [2.45, 2.75) is 33.0 Å². The fourth-order valence-corrected chi connectivity index (χ4v) is 0.635. The molecule has 0 radical (unpaired) electrons. The maximum absolute atomic E-state index is 8.86.